The Hall–Kier alpha value is -2.90. The van der Waals surface area contributed by atoms with Crippen LogP contribution in [0.1, 0.15) is 29.5 Å². The maximum atomic E-state index is 11.9. The van der Waals surface area contributed by atoms with E-state index in [0.29, 0.717) is 37.2 Å². The molecule has 3 N–H and O–H groups in total. The number of aliphatic imine (C=N–C) groups is 1. The van der Waals surface area contributed by atoms with Crippen LogP contribution in [0.3, 0.4) is 0 Å². The highest BCUT2D eigenvalue weighted by atomic mass is 16.4. The molecule has 0 spiro atoms. The summed E-state index contributed by atoms with van der Waals surface area (Å²) in [6.45, 7) is 6.52. The topological polar surface area (TPSA) is 104 Å². The van der Waals surface area contributed by atoms with E-state index >= 15 is 0 Å². The zero-order valence-electron chi connectivity index (χ0n) is 15.0. The van der Waals surface area contributed by atoms with Gasteiger partial charge in [0.2, 0.25) is 11.8 Å². The van der Waals surface area contributed by atoms with Crippen LogP contribution in [-0.2, 0) is 11.3 Å². The van der Waals surface area contributed by atoms with Gasteiger partial charge in [0.25, 0.3) is 0 Å². The molecular formula is C17H24N6O2. The van der Waals surface area contributed by atoms with Crippen LogP contribution in [0.25, 0.3) is 0 Å². The third-order valence-electron chi connectivity index (χ3n) is 3.50. The molecule has 0 fully saturated rings. The summed E-state index contributed by atoms with van der Waals surface area (Å²) in [6, 6.07) is 5.50. The van der Waals surface area contributed by atoms with E-state index in [0.717, 1.165) is 17.1 Å². The minimum absolute atomic E-state index is 0.111. The normalized spacial score (nSPS) is 11.3. The number of oxazole rings is 1. The maximum absolute atomic E-state index is 11.9. The van der Waals surface area contributed by atoms with Gasteiger partial charge in [0.1, 0.15) is 11.6 Å². The molecular weight excluding hydrogens is 320 g/mol. The Morgan fingerprint density at radius 2 is 2.00 bits per heavy atom. The number of aryl methyl sites for hydroxylation is 3. The molecule has 0 bridgehead atoms. The minimum Gasteiger partial charge on any atom is -0.444 e. The van der Waals surface area contributed by atoms with E-state index < -0.39 is 0 Å². The van der Waals surface area contributed by atoms with E-state index in [1.165, 1.54) is 0 Å². The number of hydrogen-bond acceptors (Lipinski definition) is 5. The molecule has 0 radical (unpaired) electrons. The van der Waals surface area contributed by atoms with Crippen molar-refractivity contribution in [3.8, 4) is 0 Å². The van der Waals surface area contributed by atoms with E-state index in [4.69, 9.17) is 4.42 Å². The molecule has 0 saturated heterocycles. The van der Waals surface area contributed by atoms with Crippen molar-refractivity contribution in [1.29, 1.82) is 0 Å². The van der Waals surface area contributed by atoms with Crippen molar-refractivity contribution in [2.75, 3.05) is 18.9 Å². The van der Waals surface area contributed by atoms with Gasteiger partial charge in [-0.05, 0) is 32.9 Å². The number of aromatic nitrogens is 2. The number of pyridine rings is 1. The summed E-state index contributed by atoms with van der Waals surface area (Å²) >= 11 is 0. The van der Waals surface area contributed by atoms with Gasteiger partial charge in [-0.1, -0.05) is 6.07 Å². The Kier molecular flexibility index (Phi) is 6.50. The first-order valence-corrected chi connectivity index (χ1v) is 8.09. The van der Waals surface area contributed by atoms with Crippen LogP contribution < -0.4 is 16.0 Å². The molecule has 2 heterocycles. The Morgan fingerprint density at radius 3 is 2.64 bits per heavy atom. The largest absolute Gasteiger partial charge is 0.444 e. The smallest absolute Gasteiger partial charge is 0.227 e. The van der Waals surface area contributed by atoms with Gasteiger partial charge in [0, 0.05) is 25.7 Å². The number of anilines is 1. The van der Waals surface area contributed by atoms with Gasteiger partial charge in [-0.15, -0.1) is 0 Å². The first-order valence-electron chi connectivity index (χ1n) is 8.09. The third kappa shape index (κ3) is 5.91. The number of nitrogens with zero attached hydrogens (tertiary/aromatic N) is 3. The van der Waals surface area contributed by atoms with Crippen LogP contribution in [0.5, 0.6) is 0 Å². The van der Waals surface area contributed by atoms with Crippen molar-refractivity contribution in [2.24, 2.45) is 4.99 Å². The van der Waals surface area contributed by atoms with Gasteiger partial charge in [-0.3, -0.25) is 9.79 Å². The molecule has 0 aromatic carbocycles. The fourth-order valence-corrected chi connectivity index (χ4v) is 2.11. The van der Waals surface area contributed by atoms with Gasteiger partial charge in [0.15, 0.2) is 5.96 Å². The van der Waals surface area contributed by atoms with Crippen LogP contribution in [0.2, 0.25) is 0 Å². The Bertz CT molecular complexity index is 734. The van der Waals surface area contributed by atoms with Crippen LogP contribution in [0.4, 0.5) is 5.82 Å². The average Bonchev–Trinajstić information content (AvgIpc) is 2.89. The van der Waals surface area contributed by atoms with Crippen molar-refractivity contribution in [2.45, 2.75) is 33.7 Å². The lowest BCUT2D eigenvalue weighted by Crippen LogP contribution is -2.38. The second-order valence-electron chi connectivity index (χ2n) is 5.56. The lowest BCUT2D eigenvalue weighted by Gasteiger charge is -2.10. The number of carbonyl (C=O) groups excluding carboxylic acids is 1. The molecule has 134 valence electrons. The van der Waals surface area contributed by atoms with Crippen LogP contribution >= 0.6 is 0 Å². The summed E-state index contributed by atoms with van der Waals surface area (Å²) in [6.07, 6.45) is 0.299. The van der Waals surface area contributed by atoms with Crippen LogP contribution in [-0.4, -0.2) is 35.4 Å². The van der Waals surface area contributed by atoms with Crippen molar-refractivity contribution >= 4 is 17.7 Å². The highest BCUT2D eigenvalue weighted by Gasteiger charge is 2.07. The number of carbonyl (C=O) groups is 1. The zero-order chi connectivity index (χ0) is 18.2. The predicted octanol–water partition coefficient (Wildman–Crippen LogP) is 1.69. The molecule has 2 aromatic rings. The molecule has 25 heavy (non-hydrogen) atoms. The highest BCUT2D eigenvalue weighted by molar-refractivity contribution is 5.90. The van der Waals surface area contributed by atoms with Gasteiger partial charge in [0.05, 0.1) is 12.2 Å². The summed E-state index contributed by atoms with van der Waals surface area (Å²) in [4.78, 5) is 24.6. The zero-order valence-corrected chi connectivity index (χ0v) is 15.0. The summed E-state index contributed by atoms with van der Waals surface area (Å²) in [5.41, 5.74) is 1.73. The lowest BCUT2D eigenvalue weighted by molar-refractivity contribution is -0.116. The van der Waals surface area contributed by atoms with E-state index in [-0.39, 0.29) is 5.91 Å². The van der Waals surface area contributed by atoms with E-state index in [1.54, 1.807) is 13.1 Å². The van der Waals surface area contributed by atoms with E-state index in [9.17, 15) is 4.79 Å². The second kappa shape index (κ2) is 8.81. The molecule has 0 unspecified atom stereocenters. The van der Waals surface area contributed by atoms with E-state index in [1.807, 2.05) is 32.9 Å². The predicted molar refractivity (Wildman–Crippen MR) is 96.4 cm³/mol. The number of guanidine groups is 1. The SMILES string of the molecule is CN=C(NCCC(=O)Nc1cccc(C)n1)NCc1nc(C)c(C)o1. The Morgan fingerprint density at radius 1 is 1.20 bits per heavy atom. The highest BCUT2D eigenvalue weighted by Crippen LogP contribution is 2.07. The summed E-state index contributed by atoms with van der Waals surface area (Å²) < 4.78 is 5.50. The summed E-state index contributed by atoms with van der Waals surface area (Å²) in [5, 5.41) is 8.94. The molecule has 0 aliphatic rings. The van der Waals surface area contributed by atoms with Gasteiger partial charge in [-0.25, -0.2) is 9.97 Å². The third-order valence-corrected chi connectivity index (χ3v) is 3.50. The van der Waals surface area contributed by atoms with Gasteiger partial charge in [-0.2, -0.15) is 0 Å². The molecule has 8 heteroatoms. The van der Waals surface area contributed by atoms with Gasteiger partial charge < -0.3 is 20.4 Å². The molecule has 0 atom stereocenters. The molecule has 8 nitrogen and oxygen atoms in total. The first kappa shape index (κ1) is 18.4. The van der Waals surface area contributed by atoms with Crippen molar-refractivity contribution in [1.82, 2.24) is 20.6 Å². The number of nitrogens with one attached hydrogen (secondary N) is 3. The molecule has 0 aliphatic carbocycles. The number of amides is 1. The Balaban J connectivity index is 1.72. The summed E-state index contributed by atoms with van der Waals surface area (Å²) in [5.74, 6) is 2.43. The first-order chi connectivity index (χ1) is 12.0. The average molecular weight is 344 g/mol. The molecule has 2 aromatic heterocycles. The number of rotatable bonds is 6. The molecule has 1 amide bonds. The number of hydrogen-bond donors (Lipinski definition) is 3. The van der Waals surface area contributed by atoms with Crippen molar-refractivity contribution < 1.29 is 9.21 Å². The van der Waals surface area contributed by atoms with Gasteiger partial charge >= 0.3 is 0 Å². The van der Waals surface area contributed by atoms with E-state index in [2.05, 4.69) is 30.9 Å². The standard InChI is InChI=1S/C17H24N6O2/c1-11-6-5-7-14(21-11)23-15(24)8-9-19-17(18-4)20-10-16-22-12(2)13(3)25-16/h5-7H,8-10H2,1-4H3,(H2,18,19,20)(H,21,23,24). The minimum atomic E-state index is -0.111. The Labute approximate surface area is 147 Å². The lowest BCUT2D eigenvalue weighted by atomic mass is 10.3. The monoisotopic (exact) mass is 344 g/mol. The molecule has 0 saturated carbocycles. The molecule has 2 rings (SSSR count). The fourth-order valence-electron chi connectivity index (χ4n) is 2.11. The van der Waals surface area contributed by atoms with Crippen molar-refractivity contribution in [3.05, 3.63) is 41.2 Å². The quantitative estimate of drug-likeness (QED) is 0.544. The summed E-state index contributed by atoms with van der Waals surface area (Å²) in [7, 11) is 1.66. The molecule has 0 aliphatic heterocycles. The van der Waals surface area contributed by atoms with Crippen LogP contribution in [0, 0.1) is 20.8 Å². The fraction of sp³-hybridized carbons (Fsp3) is 0.412. The van der Waals surface area contributed by atoms with Crippen LogP contribution in [0.15, 0.2) is 27.6 Å². The van der Waals surface area contributed by atoms with Crippen molar-refractivity contribution in [3.63, 3.8) is 0 Å². The maximum Gasteiger partial charge on any atom is 0.227 e. The second-order valence-corrected chi connectivity index (χ2v) is 5.56.